The van der Waals surface area contributed by atoms with Crippen LogP contribution in [0.25, 0.3) is 0 Å². The monoisotopic (exact) mass is 347 g/mol. The minimum atomic E-state index is 0. The summed E-state index contributed by atoms with van der Waals surface area (Å²) in [4.78, 5) is 1.71. The van der Waals surface area contributed by atoms with Crippen LogP contribution in [0.2, 0.25) is 0 Å². The van der Waals surface area contributed by atoms with Crippen molar-refractivity contribution >= 4 is 29.2 Å². The zero-order chi connectivity index (χ0) is 5.15. The molecule has 0 aliphatic heterocycles. The van der Waals surface area contributed by atoms with Crippen LogP contribution in [0.3, 0.4) is 0 Å². The first-order chi connectivity index (χ1) is 2.64. The second-order valence-corrected chi connectivity index (χ2v) is 2.19. The van der Waals surface area contributed by atoms with E-state index in [9.17, 15) is 0 Å². The molecule has 1 nitrogen and oxygen atoms in total. The summed E-state index contributed by atoms with van der Waals surface area (Å²) in [6, 6.07) is 0. The molecule has 0 saturated heterocycles. The zero-order valence-electron chi connectivity index (χ0n) is 6.07. The zero-order valence-corrected chi connectivity index (χ0v) is 9.86. The Balaban J connectivity index is -0.0000000417. The smallest absolute Gasteiger partial charge is 0.411 e. The van der Waals surface area contributed by atoms with Crippen LogP contribution < -0.4 is 0 Å². The average molecular weight is 347 g/mol. The van der Waals surface area contributed by atoms with E-state index in [0.717, 1.165) is 0 Å². The Morgan fingerprint density at radius 3 is 1.44 bits per heavy atom. The van der Waals surface area contributed by atoms with Gasteiger partial charge in [0.2, 0.25) is 0 Å². The van der Waals surface area contributed by atoms with Crippen molar-refractivity contribution in [1.82, 2.24) is 4.90 Å². The first-order valence-corrected chi connectivity index (χ1v) is 2.34. The molecule has 9 heavy (non-hydrogen) atoms. The molecule has 0 saturated carbocycles. The van der Waals surface area contributed by atoms with E-state index in [2.05, 4.69) is 24.8 Å². The van der Waals surface area contributed by atoms with E-state index in [1.54, 1.807) is 4.90 Å². The Hall–Kier alpha value is 0.850. The molecule has 0 aromatic carbocycles. The van der Waals surface area contributed by atoms with Crippen LogP contribution in [0.4, 0.5) is 0 Å². The van der Waals surface area contributed by atoms with Crippen LogP contribution in [0.5, 0.6) is 0 Å². The van der Waals surface area contributed by atoms with E-state index in [4.69, 9.17) is 0 Å². The van der Waals surface area contributed by atoms with E-state index >= 15 is 0 Å². The Labute approximate surface area is 85.1 Å². The van der Waals surface area contributed by atoms with Crippen molar-refractivity contribution in [2.75, 3.05) is 14.1 Å². The van der Waals surface area contributed by atoms with Crippen molar-refractivity contribution in [3.05, 3.63) is 14.9 Å². The van der Waals surface area contributed by atoms with E-state index in [-0.39, 0.29) is 37.2 Å². The fourth-order valence-electron chi connectivity index (χ4n) is 0. The summed E-state index contributed by atoms with van der Waals surface area (Å²) >= 11 is 9.12. The second kappa shape index (κ2) is 11.6. The standard InChI is InChI=1S/C3H7NS2.2CH3.Au/c1-4(2)3(5)6;;;/h1-2H3,(H,5,6);2*1H3;/q;2*-1;+3/p-1. The first-order valence-electron chi connectivity index (χ1n) is 1.53. The fourth-order valence-corrected chi connectivity index (χ4v) is 0. The summed E-state index contributed by atoms with van der Waals surface area (Å²) in [7, 11) is 3.66. The summed E-state index contributed by atoms with van der Waals surface area (Å²) in [6.45, 7) is 0. The van der Waals surface area contributed by atoms with Gasteiger partial charge in [-0.2, -0.15) is 0 Å². The van der Waals surface area contributed by atoms with Crippen molar-refractivity contribution in [1.29, 1.82) is 0 Å². The molecule has 0 spiro atoms. The Morgan fingerprint density at radius 2 is 1.44 bits per heavy atom. The minimum absolute atomic E-state index is 0. The van der Waals surface area contributed by atoms with Gasteiger partial charge in [0.05, 0.1) is 0 Å². The van der Waals surface area contributed by atoms with Gasteiger partial charge in [0.15, 0.2) is 0 Å². The molecular weight excluding hydrogens is 335 g/mol. The predicted molar refractivity (Wildman–Crippen MR) is 46.5 cm³/mol. The molecule has 0 fully saturated rings. The molecule has 0 N–H and O–H groups in total. The van der Waals surface area contributed by atoms with Gasteiger partial charge >= 0.3 is 22.4 Å². The molecule has 0 unspecified atom stereocenters. The van der Waals surface area contributed by atoms with Gasteiger partial charge in [-0.15, -0.1) is 0 Å². The van der Waals surface area contributed by atoms with Crippen LogP contribution in [0.1, 0.15) is 0 Å². The molecule has 0 radical (unpaired) electrons. The third kappa shape index (κ3) is 17.7. The van der Waals surface area contributed by atoms with Gasteiger partial charge < -0.3 is 44.6 Å². The van der Waals surface area contributed by atoms with Crippen molar-refractivity contribution in [3.63, 3.8) is 0 Å². The number of thiocarbonyl (C=S) groups is 1. The number of hydrogen-bond donors (Lipinski definition) is 0. The van der Waals surface area contributed by atoms with Gasteiger partial charge in [-0.25, -0.2) is 0 Å². The van der Waals surface area contributed by atoms with Crippen LogP contribution in [0, 0.1) is 14.9 Å². The molecule has 0 rings (SSSR count). The minimum Gasteiger partial charge on any atom is -0.411 e. The molecular formula is C5H12AuNS2. The van der Waals surface area contributed by atoms with Gasteiger partial charge in [-0.1, -0.05) is 4.32 Å². The Kier molecular flexibility index (Phi) is 29.1. The Morgan fingerprint density at radius 1 is 1.33 bits per heavy atom. The van der Waals surface area contributed by atoms with Crippen LogP contribution in [-0.2, 0) is 35.0 Å². The third-order valence-corrected chi connectivity index (χ3v) is 1.10. The maximum atomic E-state index is 4.56. The molecule has 0 atom stereocenters. The maximum absolute atomic E-state index is 4.56. The summed E-state index contributed by atoms with van der Waals surface area (Å²) in [5, 5.41) is 0. The second-order valence-electron chi connectivity index (χ2n) is 1.16. The van der Waals surface area contributed by atoms with Gasteiger partial charge in [0, 0.05) is 14.1 Å². The summed E-state index contributed by atoms with van der Waals surface area (Å²) < 4.78 is 0.509. The molecule has 0 heterocycles. The van der Waals surface area contributed by atoms with Gasteiger partial charge in [0.1, 0.15) is 0 Å². The molecule has 0 bridgehead atoms. The molecule has 0 aliphatic carbocycles. The van der Waals surface area contributed by atoms with Crippen LogP contribution in [0.15, 0.2) is 0 Å². The van der Waals surface area contributed by atoms with E-state index in [0.29, 0.717) is 4.32 Å². The van der Waals surface area contributed by atoms with Crippen molar-refractivity contribution < 1.29 is 22.4 Å². The van der Waals surface area contributed by atoms with Crippen LogP contribution >= 0.6 is 12.2 Å². The van der Waals surface area contributed by atoms with Crippen molar-refractivity contribution in [2.45, 2.75) is 0 Å². The molecule has 0 aliphatic rings. The quantitative estimate of drug-likeness (QED) is 0.281. The number of nitrogens with zero attached hydrogens (tertiary/aromatic N) is 1. The molecule has 0 aromatic heterocycles. The summed E-state index contributed by atoms with van der Waals surface area (Å²) in [5.74, 6) is 0. The fraction of sp³-hybridized carbons (Fsp3) is 0.400. The van der Waals surface area contributed by atoms with E-state index in [1.165, 1.54) is 0 Å². The van der Waals surface area contributed by atoms with Gasteiger partial charge in [0.25, 0.3) is 0 Å². The molecule has 4 heteroatoms. The molecule has 60 valence electrons. The predicted octanol–water partition coefficient (Wildman–Crippen LogP) is 1.28. The Bertz CT molecular complexity index is 66.0. The number of rotatable bonds is 0. The van der Waals surface area contributed by atoms with E-state index < -0.39 is 0 Å². The normalized spacial score (nSPS) is 5.11. The molecule has 0 amide bonds. The summed E-state index contributed by atoms with van der Waals surface area (Å²) in [6.07, 6.45) is 0. The topological polar surface area (TPSA) is 3.24 Å². The third-order valence-electron chi connectivity index (χ3n) is 0.365. The largest absolute Gasteiger partial charge is 3.00 e. The summed E-state index contributed by atoms with van der Waals surface area (Å²) in [5.41, 5.74) is 0. The first kappa shape index (κ1) is 22.5. The van der Waals surface area contributed by atoms with Gasteiger partial charge in [-0.3, -0.25) is 0 Å². The van der Waals surface area contributed by atoms with Crippen LogP contribution in [-0.4, -0.2) is 23.3 Å². The number of hydrogen-bond acceptors (Lipinski definition) is 2. The maximum Gasteiger partial charge on any atom is 3.00 e. The van der Waals surface area contributed by atoms with Gasteiger partial charge in [-0.05, 0) is 0 Å². The van der Waals surface area contributed by atoms with Crippen molar-refractivity contribution in [3.8, 4) is 0 Å². The SMILES string of the molecule is CN(C)C(=S)[S-].[Au+3].[CH3-].[CH3-]. The van der Waals surface area contributed by atoms with Crippen molar-refractivity contribution in [2.24, 2.45) is 0 Å². The van der Waals surface area contributed by atoms with E-state index in [1.807, 2.05) is 14.1 Å². The average Bonchev–Trinajstić information content (AvgIpc) is 1.36. The molecule has 0 aromatic rings.